The second kappa shape index (κ2) is 5.96. The first-order chi connectivity index (χ1) is 8.31. The van der Waals surface area contributed by atoms with Crippen molar-refractivity contribution >= 4 is 5.95 Å². The Bertz CT molecular complexity index is 336. The Morgan fingerprint density at radius 2 is 2.06 bits per heavy atom. The van der Waals surface area contributed by atoms with Gasteiger partial charge in [-0.3, -0.25) is 0 Å². The van der Waals surface area contributed by atoms with Crippen LogP contribution in [0.15, 0.2) is 12.4 Å². The Hall–Kier alpha value is -1.16. The second-order valence-electron chi connectivity index (χ2n) is 4.81. The SMILES string of the molecule is CNCc1cnc(N2CCCCCC2C)nc1. The van der Waals surface area contributed by atoms with Crippen molar-refractivity contribution in [2.75, 3.05) is 18.5 Å². The number of nitrogens with zero attached hydrogens (tertiary/aromatic N) is 3. The van der Waals surface area contributed by atoms with Gasteiger partial charge in [-0.05, 0) is 26.8 Å². The molecule has 0 saturated carbocycles. The van der Waals surface area contributed by atoms with Crippen LogP contribution in [0.4, 0.5) is 5.95 Å². The lowest BCUT2D eigenvalue weighted by molar-refractivity contribution is 0.604. The number of hydrogen-bond donors (Lipinski definition) is 1. The molecule has 2 rings (SSSR count). The molecule has 2 heterocycles. The average Bonchev–Trinajstić information content (AvgIpc) is 2.56. The number of aromatic nitrogens is 2. The van der Waals surface area contributed by atoms with Gasteiger partial charge in [-0.15, -0.1) is 0 Å². The maximum Gasteiger partial charge on any atom is 0.225 e. The zero-order valence-corrected chi connectivity index (χ0v) is 10.8. The van der Waals surface area contributed by atoms with Gasteiger partial charge in [-0.25, -0.2) is 9.97 Å². The molecule has 1 aliphatic heterocycles. The summed E-state index contributed by atoms with van der Waals surface area (Å²) in [6, 6.07) is 0.563. The van der Waals surface area contributed by atoms with E-state index in [2.05, 4.69) is 27.1 Å². The van der Waals surface area contributed by atoms with Gasteiger partial charge in [0.2, 0.25) is 5.95 Å². The molecule has 0 amide bonds. The number of anilines is 1. The lowest BCUT2D eigenvalue weighted by Crippen LogP contribution is -2.33. The fraction of sp³-hybridized carbons (Fsp3) is 0.692. The average molecular weight is 234 g/mol. The second-order valence-corrected chi connectivity index (χ2v) is 4.81. The summed E-state index contributed by atoms with van der Waals surface area (Å²) in [7, 11) is 1.94. The predicted octanol–water partition coefficient (Wildman–Crippen LogP) is 1.96. The van der Waals surface area contributed by atoms with Crippen LogP contribution in [-0.2, 0) is 6.54 Å². The molecule has 0 aromatic carbocycles. The van der Waals surface area contributed by atoms with Gasteiger partial charge >= 0.3 is 0 Å². The minimum absolute atomic E-state index is 0.563. The third-order valence-electron chi connectivity index (χ3n) is 3.38. The molecule has 1 N–H and O–H groups in total. The van der Waals surface area contributed by atoms with E-state index in [1.165, 1.54) is 25.7 Å². The van der Waals surface area contributed by atoms with Gasteiger partial charge in [0.15, 0.2) is 0 Å². The normalized spacial score (nSPS) is 21.3. The maximum absolute atomic E-state index is 4.49. The standard InChI is InChI=1S/C13H22N4/c1-11-6-4-3-5-7-17(11)13-15-9-12(8-14-2)10-16-13/h9-11,14H,3-8H2,1-2H3. The van der Waals surface area contributed by atoms with Crippen molar-refractivity contribution in [3.8, 4) is 0 Å². The number of nitrogens with one attached hydrogen (secondary N) is 1. The fourth-order valence-electron chi connectivity index (χ4n) is 2.36. The first-order valence-electron chi connectivity index (χ1n) is 6.53. The van der Waals surface area contributed by atoms with Gasteiger partial charge in [0, 0.05) is 37.1 Å². The molecule has 1 saturated heterocycles. The largest absolute Gasteiger partial charge is 0.338 e. The molecule has 4 nitrogen and oxygen atoms in total. The molecule has 1 fully saturated rings. The Kier molecular flexibility index (Phi) is 4.31. The summed E-state index contributed by atoms with van der Waals surface area (Å²) < 4.78 is 0. The van der Waals surface area contributed by atoms with Crippen molar-refractivity contribution in [1.82, 2.24) is 15.3 Å². The van der Waals surface area contributed by atoms with Gasteiger partial charge in [0.1, 0.15) is 0 Å². The number of rotatable bonds is 3. The zero-order chi connectivity index (χ0) is 12.1. The van der Waals surface area contributed by atoms with E-state index in [4.69, 9.17) is 0 Å². The zero-order valence-electron chi connectivity index (χ0n) is 10.8. The van der Waals surface area contributed by atoms with E-state index in [1.54, 1.807) is 0 Å². The molecule has 17 heavy (non-hydrogen) atoms. The van der Waals surface area contributed by atoms with Crippen molar-refractivity contribution in [3.05, 3.63) is 18.0 Å². The molecule has 94 valence electrons. The summed E-state index contributed by atoms with van der Waals surface area (Å²) in [5.41, 5.74) is 1.14. The van der Waals surface area contributed by atoms with E-state index in [0.29, 0.717) is 6.04 Å². The van der Waals surface area contributed by atoms with Gasteiger partial charge in [0.25, 0.3) is 0 Å². The third kappa shape index (κ3) is 3.16. The molecule has 0 bridgehead atoms. The lowest BCUT2D eigenvalue weighted by atomic mass is 10.1. The third-order valence-corrected chi connectivity index (χ3v) is 3.38. The Morgan fingerprint density at radius 3 is 2.76 bits per heavy atom. The van der Waals surface area contributed by atoms with Crippen LogP contribution in [0.25, 0.3) is 0 Å². The van der Waals surface area contributed by atoms with Crippen LogP contribution in [0.3, 0.4) is 0 Å². The highest BCUT2D eigenvalue weighted by molar-refractivity contribution is 5.31. The summed E-state index contributed by atoms with van der Waals surface area (Å²) in [6.07, 6.45) is 9.02. The van der Waals surface area contributed by atoms with E-state index in [0.717, 1.165) is 24.6 Å². The number of hydrogen-bond acceptors (Lipinski definition) is 4. The summed E-state index contributed by atoms with van der Waals surface area (Å²) in [6.45, 7) is 4.19. The Labute approximate surface area is 103 Å². The van der Waals surface area contributed by atoms with E-state index in [1.807, 2.05) is 19.4 Å². The molecule has 0 spiro atoms. The Balaban J connectivity index is 2.09. The quantitative estimate of drug-likeness (QED) is 0.868. The summed E-state index contributed by atoms with van der Waals surface area (Å²) in [4.78, 5) is 11.3. The molecule has 4 heteroatoms. The summed E-state index contributed by atoms with van der Waals surface area (Å²) in [5.74, 6) is 0.888. The molecule has 1 unspecified atom stereocenters. The van der Waals surface area contributed by atoms with Crippen LogP contribution >= 0.6 is 0 Å². The van der Waals surface area contributed by atoms with Crippen molar-refractivity contribution in [1.29, 1.82) is 0 Å². The molecular weight excluding hydrogens is 212 g/mol. The molecule has 1 aromatic heterocycles. The topological polar surface area (TPSA) is 41.1 Å². The minimum atomic E-state index is 0.563. The predicted molar refractivity (Wildman–Crippen MR) is 70.1 cm³/mol. The molecule has 1 aromatic rings. The van der Waals surface area contributed by atoms with E-state index >= 15 is 0 Å². The molecular formula is C13H22N4. The van der Waals surface area contributed by atoms with Crippen LogP contribution < -0.4 is 10.2 Å². The van der Waals surface area contributed by atoms with Gasteiger partial charge in [-0.2, -0.15) is 0 Å². The highest BCUT2D eigenvalue weighted by Crippen LogP contribution is 2.20. The van der Waals surface area contributed by atoms with Crippen molar-refractivity contribution < 1.29 is 0 Å². The molecule has 0 aliphatic carbocycles. The van der Waals surface area contributed by atoms with Crippen molar-refractivity contribution in [2.45, 2.75) is 45.2 Å². The van der Waals surface area contributed by atoms with Gasteiger partial charge in [0.05, 0.1) is 0 Å². The van der Waals surface area contributed by atoms with Crippen LogP contribution in [0, 0.1) is 0 Å². The van der Waals surface area contributed by atoms with Crippen LogP contribution in [0.1, 0.15) is 38.2 Å². The highest BCUT2D eigenvalue weighted by atomic mass is 15.3. The molecule has 1 aliphatic rings. The van der Waals surface area contributed by atoms with E-state index < -0.39 is 0 Å². The van der Waals surface area contributed by atoms with E-state index in [-0.39, 0.29) is 0 Å². The summed E-state index contributed by atoms with van der Waals surface area (Å²) in [5, 5.41) is 3.11. The Morgan fingerprint density at radius 1 is 1.29 bits per heavy atom. The van der Waals surface area contributed by atoms with E-state index in [9.17, 15) is 0 Å². The van der Waals surface area contributed by atoms with Crippen molar-refractivity contribution in [3.63, 3.8) is 0 Å². The van der Waals surface area contributed by atoms with Crippen LogP contribution in [0.2, 0.25) is 0 Å². The lowest BCUT2D eigenvalue weighted by Gasteiger charge is -2.26. The van der Waals surface area contributed by atoms with Crippen LogP contribution in [-0.4, -0.2) is 29.6 Å². The molecule has 1 atom stereocenters. The first-order valence-corrected chi connectivity index (χ1v) is 6.53. The fourth-order valence-corrected chi connectivity index (χ4v) is 2.36. The monoisotopic (exact) mass is 234 g/mol. The van der Waals surface area contributed by atoms with Crippen LogP contribution in [0.5, 0.6) is 0 Å². The van der Waals surface area contributed by atoms with Gasteiger partial charge in [-0.1, -0.05) is 12.8 Å². The van der Waals surface area contributed by atoms with Crippen molar-refractivity contribution in [2.24, 2.45) is 0 Å². The minimum Gasteiger partial charge on any atom is -0.338 e. The van der Waals surface area contributed by atoms with Gasteiger partial charge < -0.3 is 10.2 Å². The highest BCUT2D eigenvalue weighted by Gasteiger charge is 2.18. The maximum atomic E-state index is 4.49. The summed E-state index contributed by atoms with van der Waals surface area (Å²) >= 11 is 0. The molecule has 0 radical (unpaired) electrons. The first kappa shape index (κ1) is 12.3. The smallest absolute Gasteiger partial charge is 0.225 e.